The highest BCUT2D eigenvalue weighted by atomic mass is 16.5. The van der Waals surface area contributed by atoms with E-state index in [9.17, 15) is 0 Å². The third-order valence-electron chi connectivity index (χ3n) is 5.13. The van der Waals surface area contributed by atoms with Gasteiger partial charge >= 0.3 is 0 Å². The monoisotopic (exact) mass is 334 g/mol. The Morgan fingerprint density at radius 2 is 1.00 bits per heavy atom. The van der Waals surface area contributed by atoms with Gasteiger partial charge in [-0.15, -0.1) is 0 Å². The number of hydrogen-bond acceptors (Lipinski definition) is 1. The molecule has 0 amide bonds. The number of hydrogen-bond donors (Lipinski definition) is 0. The van der Waals surface area contributed by atoms with Crippen LogP contribution in [0.15, 0.2) is 91.0 Å². The first kappa shape index (κ1) is 15.0. The Morgan fingerprint density at radius 1 is 0.500 bits per heavy atom. The summed E-state index contributed by atoms with van der Waals surface area (Å²) < 4.78 is 5.81. The highest BCUT2D eigenvalue weighted by molar-refractivity contribution is 6.18. The van der Waals surface area contributed by atoms with Gasteiger partial charge in [-0.2, -0.15) is 0 Å². The van der Waals surface area contributed by atoms with E-state index >= 15 is 0 Å². The van der Waals surface area contributed by atoms with Gasteiger partial charge in [0.2, 0.25) is 0 Å². The number of methoxy groups -OCH3 is 1. The second kappa shape index (κ2) is 5.89. The quantitative estimate of drug-likeness (QED) is 0.322. The molecule has 26 heavy (non-hydrogen) atoms. The first-order valence-electron chi connectivity index (χ1n) is 8.83. The summed E-state index contributed by atoms with van der Waals surface area (Å²) >= 11 is 0. The maximum atomic E-state index is 5.81. The van der Waals surface area contributed by atoms with Crippen LogP contribution in [0.4, 0.5) is 0 Å². The van der Waals surface area contributed by atoms with Gasteiger partial charge in [0.15, 0.2) is 0 Å². The molecule has 5 aromatic carbocycles. The second-order valence-electron chi connectivity index (χ2n) is 6.56. The normalized spacial score (nSPS) is 11.3. The minimum Gasteiger partial charge on any atom is -0.496 e. The summed E-state index contributed by atoms with van der Waals surface area (Å²) in [4.78, 5) is 0. The van der Waals surface area contributed by atoms with E-state index in [1.807, 2.05) is 0 Å². The number of ether oxygens (including phenoxy) is 1. The average molecular weight is 334 g/mol. The van der Waals surface area contributed by atoms with Crippen LogP contribution < -0.4 is 4.74 Å². The fraction of sp³-hybridized carbons (Fsp3) is 0.0400. The van der Waals surface area contributed by atoms with Gasteiger partial charge < -0.3 is 4.74 Å². The second-order valence-corrected chi connectivity index (χ2v) is 6.56. The minimum absolute atomic E-state index is 0.908. The number of benzene rings is 5. The molecule has 0 fully saturated rings. The van der Waals surface area contributed by atoms with Crippen LogP contribution in [0.1, 0.15) is 0 Å². The predicted octanol–water partition coefficient (Wildman–Crippen LogP) is 6.82. The lowest BCUT2D eigenvalue weighted by atomic mass is 9.89. The molecule has 5 aromatic rings. The molecule has 1 nitrogen and oxygen atoms in total. The van der Waals surface area contributed by atoms with E-state index in [1.54, 1.807) is 7.11 Å². The van der Waals surface area contributed by atoms with Crippen molar-refractivity contribution in [1.29, 1.82) is 0 Å². The fourth-order valence-electron chi connectivity index (χ4n) is 3.96. The van der Waals surface area contributed by atoms with Crippen molar-refractivity contribution in [3.63, 3.8) is 0 Å². The van der Waals surface area contributed by atoms with Crippen molar-refractivity contribution in [3.05, 3.63) is 91.0 Å². The van der Waals surface area contributed by atoms with Crippen molar-refractivity contribution < 1.29 is 4.74 Å². The lowest BCUT2D eigenvalue weighted by molar-refractivity contribution is 0.417. The minimum atomic E-state index is 0.908. The molecule has 0 spiro atoms. The van der Waals surface area contributed by atoms with E-state index in [2.05, 4.69) is 91.0 Å². The van der Waals surface area contributed by atoms with Crippen LogP contribution in [0.2, 0.25) is 0 Å². The van der Waals surface area contributed by atoms with Crippen LogP contribution in [-0.2, 0) is 0 Å². The molecule has 5 rings (SSSR count). The summed E-state index contributed by atoms with van der Waals surface area (Å²) in [6, 6.07) is 32.2. The van der Waals surface area contributed by atoms with Crippen LogP contribution in [0, 0.1) is 0 Å². The fourth-order valence-corrected chi connectivity index (χ4v) is 3.96. The summed E-state index contributed by atoms with van der Waals surface area (Å²) in [5, 5.41) is 7.43. The first-order chi connectivity index (χ1) is 12.9. The van der Waals surface area contributed by atoms with Crippen molar-refractivity contribution in [2.75, 3.05) is 7.11 Å². The molecular formula is C25H18O. The first-order valence-corrected chi connectivity index (χ1v) is 8.83. The van der Waals surface area contributed by atoms with Gasteiger partial charge in [-0.05, 0) is 44.5 Å². The van der Waals surface area contributed by atoms with Crippen LogP contribution in [0.5, 0.6) is 5.75 Å². The maximum Gasteiger partial charge on any atom is 0.127 e. The Labute approximate surface area is 152 Å². The summed E-state index contributed by atoms with van der Waals surface area (Å²) in [6.45, 7) is 0. The third-order valence-corrected chi connectivity index (χ3v) is 5.13. The Morgan fingerprint density at radius 3 is 1.58 bits per heavy atom. The summed E-state index contributed by atoms with van der Waals surface area (Å²) in [7, 11) is 1.75. The van der Waals surface area contributed by atoms with Crippen molar-refractivity contribution in [2.45, 2.75) is 0 Å². The van der Waals surface area contributed by atoms with Crippen LogP contribution in [0.25, 0.3) is 43.4 Å². The van der Waals surface area contributed by atoms with Gasteiger partial charge in [0.1, 0.15) is 5.75 Å². The van der Waals surface area contributed by atoms with E-state index in [1.165, 1.54) is 43.4 Å². The highest BCUT2D eigenvalue weighted by Gasteiger charge is 2.16. The molecule has 0 unspecified atom stereocenters. The molecule has 0 N–H and O–H groups in total. The predicted molar refractivity (Wildman–Crippen MR) is 111 cm³/mol. The molecule has 124 valence electrons. The van der Waals surface area contributed by atoms with E-state index in [0.29, 0.717) is 0 Å². The Balaban J connectivity index is 2.06. The van der Waals surface area contributed by atoms with Crippen LogP contribution in [-0.4, -0.2) is 7.11 Å². The third kappa shape index (κ3) is 2.18. The summed E-state index contributed by atoms with van der Waals surface area (Å²) in [6.07, 6.45) is 0. The molecule has 0 radical (unpaired) electrons. The van der Waals surface area contributed by atoms with Crippen molar-refractivity contribution in [2.24, 2.45) is 0 Å². The SMILES string of the molecule is COc1ccc2ccccc2c1-c1c2ccccc2cc2ccccc12. The Hall–Kier alpha value is -3.32. The van der Waals surface area contributed by atoms with E-state index in [4.69, 9.17) is 4.74 Å². The zero-order valence-corrected chi connectivity index (χ0v) is 14.6. The van der Waals surface area contributed by atoms with Crippen molar-refractivity contribution in [1.82, 2.24) is 0 Å². The zero-order valence-electron chi connectivity index (χ0n) is 14.6. The Bertz CT molecular complexity index is 1210. The molecule has 0 heterocycles. The molecule has 0 aliphatic rings. The van der Waals surface area contributed by atoms with Gasteiger partial charge in [-0.25, -0.2) is 0 Å². The zero-order chi connectivity index (χ0) is 17.5. The van der Waals surface area contributed by atoms with Crippen LogP contribution >= 0.6 is 0 Å². The standard InChI is InChI=1S/C25H18O/c1-26-23-15-14-17-8-2-5-11-20(17)25(23)24-21-12-6-3-9-18(21)16-19-10-4-7-13-22(19)24/h2-16H,1H3. The smallest absolute Gasteiger partial charge is 0.127 e. The topological polar surface area (TPSA) is 9.23 Å². The van der Waals surface area contributed by atoms with E-state index in [-0.39, 0.29) is 0 Å². The maximum absolute atomic E-state index is 5.81. The Kier molecular flexibility index (Phi) is 3.39. The van der Waals surface area contributed by atoms with Gasteiger partial charge in [0.25, 0.3) is 0 Å². The van der Waals surface area contributed by atoms with Crippen molar-refractivity contribution in [3.8, 4) is 16.9 Å². The lowest BCUT2D eigenvalue weighted by Gasteiger charge is -2.17. The number of fused-ring (bicyclic) bond motifs is 3. The van der Waals surface area contributed by atoms with E-state index in [0.717, 1.165) is 5.75 Å². The number of rotatable bonds is 2. The van der Waals surface area contributed by atoms with Crippen molar-refractivity contribution >= 4 is 32.3 Å². The molecule has 0 aliphatic carbocycles. The van der Waals surface area contributed by atoms with Gasteiger partial charge in [0, 0.05) is 11.1 Å². The van der Waals surface area contributed by atoms with Gasteiger partial charge in [-0.3, -0.25) is 0 Å². The molecule has 0 saturated carbocycles. The largest absolute Gasteiger partial charge is 0.496 e. The van der Waals surface area contributed by atoms with E-state index < -0.39 is 0 Å². The molecule has 0 aliphatic heterocycles. The van der Waals surface area contributed by atoms with Crippen LogP contribution in [0.3, 0.4) is 0 Å². The molecule has 1 heteroatoms. The molecular weight excluding hydrogens is 316 g/mol. The molecule has 0 atom stereocenters. The average Bonchev–Trinajstić information content (AvgIpc) is 2.71. The lowest BCUT2D eigenvalue weighted by Crippen LogP contribution is -1.92. The molecule has 0 bridgehead atoms. The van der Waals surface area contributed by atoms with Gasteiger partial charge in [-0.1, -0.05) is 78.9 Å². The summed E-state index contributed by atoms with van der Waals surface area (Å²) in [5.74, 6) is 0.908. The summed E-state index contributed by atoms with van der Waals surface area (Å²) in [5.41, 5.74) is 2.41. The highest BCUT2D eigenvalue weighted by Crippen LogP contribution is 2.44. The molecule has 0 saturated heterocycles. The molecule has 0 aromatic heterocycles. The van der Waals surface area contributed by atoms with Gasteiger partial charge in [0.05, 0.1) is 7.11 Å².